The third-order valence-corrected chi connectivity index (χ3v) is 4.43. The molecule has 5 nitrogen and oxygen atoms in total. The minimum atomic E-state index is -3.93. The Balaban J connectivity index is 3.39. The Labute approximate surface area is 92.2 Å². The van der Waals surface area contributed by atoms with E-state index in [0.717, 1.165) is 6.07 Å². The fraction of sp³-hybridized carbons (Fsp3) is 0.143. The largest absolute Gasteiger partial charge is 0.317 e. The predicted molar refractivity (Wildman–Crippen MR) is 55.7 cm³/mol. The molecule has 0 radical (unpaired) electrons. The van der Waals surface area contributed by atoms with Gasteiger partial charge in [0.25, 0.3) is 9.05 Å². The number of rotatable bonds is 3. The number of benzene rings is 1. The van der Waals surface area contributed by atoms with Gasteiger partial charge in [0.15, 0.2) is 9.84 Å². The summed E-state index contributed by atoms with van der Waals surface area (Å²) in [7, 11) is -2.48. The van der Waals surface area contributed by atoms with Crippen molar-refractivity contribution in [1.29, 1.82) is 0 Å². The molecule has 1 aromatic rings. The molecule has 2 N–H and O–H groups in total. The molecule has 0 saturated heterocycles. The molecule has 0 saturated carbocycles. The third kappa shape index (κ3) is 2.91. The van der Waals surface area contributed by atoms with Crippen LogP contribution in [0.1, 0.15) is 0 Å². The normalized spacial score (nSPS) is 12.7. The molecular formula is C7H8ClNO4S2. The van der Waals surface area contributed by atoms with Crippen molar-refractivity contribution in [2.24, 2.45) is 5.73 Å². The van der Waals surface area contributed by atoms with Crippen LogP contribution in [0.3, 0.4) is 0 Å². The topological polar surface area (TPSA) is 94.3 Å². The molecule has 84 valence electrons. The van der Waals surface area contributed by atoms with E-state index in [0.29, 0.717) is 0 Å². The zero-order valence-electron chi connectivity index (χ0n) is 7.42. The summed E-state index contributed by atoms with van der Waals surface area (Å²) < 4.78 is 44.5. The smallest absolute Gasteiger partial charge is 0.261 e. The molecule has 0 aliphatic carbocycles. The number of nitrogens with two attached hydrogens (primary N) is 1. The van der Waals surface area contributed by atoms with E-state index >= 15 is 0 Å². The Kier molecular flexibility index (Phi) is 3.39. The Hall–Kier alpha value is -0.630. The predicted octanol–water partition coefficient (Wildman–Crippen LogP) is 0.304. The quantitative estimate of drug-likeness (QED) is 0.797. The van der Waals surface area contributed by atoms with Crippen molar-refractivity contribution in [3.63, 3.8) is 0 Å². The summed E-state index contributed by atoms with van der Waals surface area (Å²) in [5, 5.41) is 0. The van der Waals surface area contributed by atoms with Crippen LogP contribution in [0.25, 0.3) is 0 Å². The lowest BCUT2D eigenvalue weighted by Gasteiger charge is -2.02. The van der Waals surface area contributed by atoms with Gasteiger partial charge >= 0.3 is 0 Å². The van der Waals surface area contributed by atoms with Crippen LogP contribution in [0, 0.1) is 0 Å². The summed E-state index contributed by atoms with van der Waals surface area (Å²) in [6.07, 6.45) is 0. The van der Waals surface area contributed by atoms with Crippen molar-refractivity contribution in [3.8, 4) is 0 Å². The van der Waals surface area contributed by atoms with Crippen LogP contribution in [-0.2, 0) is 18.9 Å². The van der Waals surface area contributed by atoms with Crippen LogP contribution in [0.15, 0.2) is 34.1 Å². The maximum atomic E-state index is 11.3. The van der Waals surface area contributed by atoms with Crippen molar-refractivity contribution in [2.45, 2.75) is 9.79 Å². The number of hydrogen-bond donors (Lipinski definition) is 1. The molecule has 0 spiro atoms. The second-order valence-electron chi connectivity index (χ2n) is 2.69. The Bertz CT molecular complexity index is 564. The summed E-state index contributed by atoms with van der Waals surface area (Å²) in [6.45, 7) is 0. The van der Waals surface area contributed by atoms with E-state index in [1.54, 1.807) is 0 Å². The first kappa shape index (κ1) is 12.4. The molecule has 0 bridgehead atoms. The first-order valence-electron chi connectivity index (χ1n) is 3.75. The highest BCUT2D eigenvalue weighted by molar-refractivity contribution is 8.13. The zero-order chi connectivity index (χ0) is 11.7. The summed E-state index contributed by atoms with van der Waals surface area (Å²) in [5.74, 6) is -0.585. The highest BCUT2D eigenvalue weighted by Gasteiger charge is 2.16. The average Bonchev–Trinajstić information content (AvgIpc) is 2.17. The highest BCUT2D eigenvalue weighted by Crippen LogP contribution is 2.19. The van der Waals surface area contributed by atoms with E-state index in [4.69, 9.17) is 16.4 Å². The van der Waals surface area contributed by atoms with Crippen LogP contribution in [-0.4, -0.2) is 22.7 Å². The first-order valence-corrected chi connectivity index (χ1v) is 7.71. The van der Waals surface area contributed by atoms with E-state index in [2.05, 4.69) is 0 Å². The molecule has 0 fully saturated rings. The standard InChI is InChI=1S/C7H8ClNO4S2/c8-15(12,13)7-3-1-2-6(4-7)14(10,11)5-9/h1-4H,5,9H2. The van der Waals surface area contributed by atoms with E-state index < -0.39 is 24.8 Å². The van der Waals surface area contributed by atoms with Gasteiger partial charge in [0.2, 0.25) is 0 Å². The van der Waals surface area contributed by atoms with Gasteiger partial charge in [-0.25, -0.2) is 16.8 Å². The van der Waals surface area contributed by atoms with Gasteiger partial charge in [0.1, 0.15) is 5.88 Å². The molecule has 15 heavy (non-hydrogen) atoms. The Morgan fingerprint density at radius 3 is 2.13 bits per heavy atom. The van der Waals surface area contributed by atoms with Gasteiger partial charge in [-0.2, -0.15) is 0 Å². The summed E-state index contributed by atoms with van der Waals surface area (Å²) in [5.41, 5.74) is 5.03. The molecular weight excluding hydrogens is 262 g/mol. The van der Waals surface area contributed by atoms with Crippen LogP contribution in [0.5, 0.6) is 0 Å². The zero-order valence-corrected chi connectivity index (χ0v) is 9.81. The lowest BCUT2D eigenvalue weighted by molar-refractivity contribution is 0.596. The first-order chi connectivity index (χ1) is 6.77. The van der Waals surface area contributed by atoms with Crippen LogP contribution < -0.4 is 5.73 Å². The Morgan fingerprint density at radius 1 is 1.13 bits per heavy atom. The van der Waals surface area contributed by atoms with E-state index in [1.165, 1.54) is 18.2 Å². The maximum Gasteiger partial charge on any atom is 0.261 e. The summed E-state index contributed by atoms with van der Waals surface area (Å²) in [4.78, 5) is -0.426. The van der Waals surface area contributed by atoms with Crippen LogP contribution in [0.4, 0.5) is 0 Å². The molecule has 0 amide bonds. The molecule has 0 aliphatic heterocycles. The molecule has 0 heterocycles. The fourth-order valence-electron chi connectivity index (χ4n) is 0.916. The lowest BCUT2D eigenvalue weighted by Crippen LogP contribution is -2.14. The second kappa shape index (κ2) is 4.09. The number of sulfone groups is 1. The molecule has 0 aliphatic rings. The number of halogens is 1. The molecule has 8 heteroatoms. The molecule has 1 aromatic carbocycles. The summed E-state index contributed by atoms with van der Waals surface area (Å²) >= 11 is 0. The van der Waals surface area contributed by atoms with Crippen LogP contribution in [0.2, 0.25) is 0 Å². The molecule has 0 unspecified atom stereocenters. The SMILES string of the molecule is NCS(=O)(=O)c1cccc(S(=O)(=O)Cl)c1. The van der Waals surface area contributed by atoms with Crippen molar-refractivity contribution in [1.82, 2.24) is 0 Å². The minimum absolute atomic E-state index is 0.160. The van der Waals surface area contributed by atoms with Crippen molar-refractivity contribution >= 4 is 29.6 Å². The van der Waals surface area contributed by atoms with Crippen molar-refractivity contribution in [3.05, 3.63) is 24.3 Å². The minimum Gasteiger partial charge on any atom is -0.317 e. The highest BCUT2D eigenvalue weighted by atomic mass is 35.7. The van der Waals surface area contributed by atoms with Gasteiger partial charge in [-0.1, -0.05) is 6.07 Å². The van der Waals surface area contributed by atoms with Gasteiger partial charge in [0, 0.05) is 10.7 Å². The van der Waals surface area contributed by atoms with Gasteiger partial charge in [-0.05, 0) is 18.2 Å². The van der Waals surface area contributed by atoms with Gasteiger partial charge in [-0.15, -0.1) is 0 Å². The van der Waals surface area contributed by atoms with Gasteiger partial charge in [0.05, 0.1) is 9.79 Å². The third-order valence-electron chi connectivity index (χ3n) is 1.67. The number of hydrogen-bond acceptors (Lipinski definition) is 5. The van der Waals surface area contributed by atoms with Crippen molar-refractivity contribution < 1.29 is 16.8 Å². The van der Waals surface area contributed by atoms with Gasteiger partial charge < -0.3 is 5.73 Å². The Morgan fingerprint density at radius 2 is 1.67 bits per heavy atom. The van der Waals surface area contributed by atoms with Crippen molar-refractivity contribution in [2.75, 3.05) is 5.88 Å². The second-order valence-corrected chi connectivity index (χ2v) is 7.29. The maximum absolute atomic E-state index is 11.3. The summed E-state index contributed by atoms with van der Waals surface area (Å²) in [6, 6.07) is 4.73. The fourth-order valence-corrected chi connectivity index (χ4v) is 2.57. The van der Waals surface area contributed by atoms with E-state index in [-0.39, 0.29) is 9.79 Å². The average molecular weight is 270 g/mol. The molecule has 1 rings (SSSR count). The van der Waals surface area contributed by atoms with Crippen LogP contribution >= 0.6 is 10.7 Å². The van der Waals surface area contributed by atoms with E-state index in [9.17, 15) is 16.8 Å². The lowest BCUT2D eigenvalue weighted by atomic mass is 10.4. The van der Waals surface area contributed by atoms with Gasteiger partial charge in [-0.3, -0.25) is 0 Å². The molecule has 0 atom stereocenters. The monoisotopic (exact) mass is 269 g/mol. The molecule has 0 aromatic heterocycles. The van der Waals surface area contributed by atoms with E-state index in [1.807, 2.05) is 0 Å².